The van der Waals surface area contributed by atoms with Gasteiger partial charge in [0, 0.05) is 18.5 Å². The number of methoxy groups -OCH3 is 1. The van der Waals surface area contributed by atoms with Gasteiger partial charge < -0.3 is 9.47 Å². The molecule has 2 aromatic rings. The van der Waals surface area contributed by atoms with Crippen LogP contribution < -0.4 is 4.74 Å². The number of nitrogens with zero attached hydrogens (tertiary/aromatic N) is 1. The first-order chi connectivity index (χ1) is 13.5. The highest BCUT2D eigenvalue weighted by Gasteiger charge is 2.34. The molecule has 144 valence electrons. The topological polar surface area (TPSA) is 90.0 Å². The van der Waals surface area contributed by atoms with Gasteiger partial charge in [-0.2, -0.15) is 0 Å². The first-order valence-electron chi connectivity index (χ1n) is 8.79. The fourth-order valence-corrected chi connectivity index (χ4v) is 2.90. The third kappa shape index (κ3) is 4.09. The molecule has 7 heteroatoms. The van der Waals surface area contributed by atoms with Crippen molar-refractivity contribution in [1.82, 2.24) is 4.90 Å². The number of ether oxygens (including phenoxy) is 2. The van der Waals surface area contributed by atoms with Crippen LogP contribution in [0, 0.1) is 0 Å². The van der Waals surface area contributed by atoms with E-state index in [0.29, 0.717) is 22.4 Å². The summed E-state index contributed by atoms with van der Waals surface area (Å²) >= 11 is 0. The van der Waals surface area contributed by atoms with Crippen LogP contribution in [-0.4, -0.2) is 48.7 Å². The number of benzene rings is 2. The van der Waals surface area contributed by atoms with E-state index in [-0.39, 0.29) is 43.6 Å². The Morgan fingerprint density at radius 1 is 0.929 bits per heavy atom. The van der Waals surface area contributed by atoms with Crippen molar-refractivity contribution in [3.8, 4) is 5.75 Å². The number of hydrogen-bond acceptors (Lipinski definition) is 6. The summed E-state index contributed by atoms with van der Waals surface area (Å²) in [4.78, 5) is 49.5. The molecule has 0 N–H and O–H groups in total. The number of Topliss-reactive ketones (excluding diaryl/α,β-unsaturated/α-hetero) is 1. The molecule has 7 nitrogen and oxygen atoms in total. The van der Waals surface area contributed by atoms with Crippen molar-refractivity contribution in [3.63, 3.8) is 0 Å². The Morgan fingerprint density at radius 3 is 2.11 bits per heavy atom. The maximum absolute atomic E-state index is 12.2. The number of carbonyl (C=O) groups is 4. The van der Waals surface area contributed by atoms with Gasteiger partial charge in [-0.1, -0.05) is 12.1 Å². The van der Waals surface area contributed by atoms with Crippen molar-refractivity contribution < 1.29 is 28.7 Å². The molecule has 3 rings (SSSR count). The van der Waals surface area contributed by atoms with Gasteiger partial charge in [0.25, 0.3) is 11.8 Å². The van der Waals surface area contributed by atoms with Gasteiger partial charge in [0.2, 0.25) is 0 Å². The minimum absolute atomic E-state index is 0.00327. The van der Waals surface area contributed by atoms with Gasteiger partial charge in [-0.3, -0.25) is 24.1 Å². The lowest BCUT2D eigenvalue weighted by Gasteiger charge is -2.13. The van der Waals surface area contributed by atoms with Gasteiger partial charge >= 0.3 is 5.97 Å². The number of fused-ring (bicyclic) bond motifs is 1. The van der Waals surface area contributed by atoms with Crippen molar-refractivity contribution in [2.75, 3.05) is 20.3 Å². The number of hydrogen-bond donors (Lipinski definition) is 0. The monoisotopic (exact) mass is 381 g/mol. The molecular weight excluding hydrogens is 362 g/mol. The molecule has 0 saturated heterocycles. The lowest BCUT2D eigenvalue weighted by Crippen LogP contribution is -2.31. The summed E-state index contributed by atoms with van der Waals surface area (Å²) in [5, 5.41) is 0. The molecular formula is C21H19NO6. The minimum atomic E-state index is -0.557. The van der Waals surface area contributed by atoms with E-state index >= 15 is 0 Å². The molecule has 0 bridgehead atoms. The van der Waals surface area contributed by atoms with Gasteiger partial charge in [-0.25, -0.2) is 0 Å². The van der Waals surface area contributed by atoms with Gasteiger partial charge in [0.15, 0.2) is 12.4 Å². The minimum Gasteiger partial charge on any atom is -0.497 e. The second-order valence-electron chi connectivity index (χ2n) is 6.22. The molecule has 2 aromatic carbocycles. The van der Waals surface area contributed by atoms with E-state index in [0.717, 1.165) is 4.90 Å². The van der Waals surface area contributed by atoms with Gasteiger partial charge in [-0.15, -0.1) is 0 Å². The number of amides is 2. The van der Waals surface area contributed by atoms with Crippen LogP contribution in [0.2, 0.25) is 0 Å². The van der Waals surface area contributed by atoms with E-state index in [1.807, 2.05) is 0 Å². The van der Waals surface area contributed by atoms with Crippen LogP contribution in [0.4, 0.5) is 0 Å². The lowest BCUT2D eigenvalue weighted by atomic mass is 10.1. The maximum atomic E-state index is 12.2. The first kappa shape index (κ1) is 19.3. The van der Waals surface area contributed by atoms with E-state index < -0.39 is 5.97 Å². The van der Waals surface area contributed by atoms with Crippen molar-refractivity contribution in [1.29, 1.82) is 0 Å². The predicted octanol–water partition coefficient (Wildman–Crippen LogP) is 2.50. The third-order valence-electron chi connectivity index (χ3n) is 4.42. The average Bonchev–Trinajstić information content (AvgIpc) is 2.97. The van der Waals surface area contributed by atoms with Crippen LogP contribution in [0.15, 0.2) is 48.5 Å². The Balaban J connectivity index is 1.43. The van der Waals surface area contributed by atoms with Crippen LogP contribution in [0.25, 0.3) is 0 Å². The van der Waals surface area contributed by atoms with Crippen LogP contribution in [0.1, 0.15) is 43.9 Å². The highest BCUT2D eigenvalue weighted by Crippen LogP contribution is 2.22. The summed E-state index contributed by atoms with van der Waals surface area (Å²) in [7, 11) is 1.53. The molecule has 0 aliphatic carbocycles. The van der Waals surface area contributed by atoms with E-state index in [4.69, 9.17) is 9.47 Å². The molecule has 0 aromatic heterocycles. The Labute approximate surface area is 161 Å². The first-order valence-corrected chi connectivity index (χ1v) is 8.79. The Hall–Kier alpha value is -3.48. The molecule has 1 heterocycles. The molecule has 1 aliphatic heterocycles. The Kier molecular flexibility index (Phi) is 5.84. The highest BCUT2D eigenvalue weighted by molar-refractivity contribution is 6.21. The molecule has 0 atom stereocenters. The number of carbonyl (C=O) groups excluding carboxylic acids is 4. The van der Waals surface area contributed by atoms with E-state index in [2.05, 4.69) is 0 Å². The third-order valence-corrected chi connectivity index (χ3v) is 4.42. The molecule has 0 fully saturated rings. The molecule has 0 radical (unpaired) electrons. The summed E-state index contributed by atoms with van der Waals surface area (Å²) in [5.41, 5.74) is 1.17. The van der Waals surface area contributed by atoms with Gasteiger partial charge in [0.05, 0.1) is 18.2 Å². The number of esters is 1. The van der Waals surface area contributed by atoms with E-state index in [1.54, 1.807) is 48.5 Å². The average molecular weight is 381 g/mol. The van der Waals surface area contributed by atoms with Gasteiger partial charge in [-0.05, 0) is 42.8 Å². The maximum Gasteiger partial charge on any atom is 0.306 e. The van der Waals surface area contributed by atoms with Crippen LogP contribution in [0.3, 0.4) is 0 Å². The highest BCUT2D eigenvalue weighted by atomic mass is 16.5. The largest absolute Gasteiger partial charge is 0.497 e. The summed E-state index contributed by atoms with van der Waals surface area (Å²) in [6.07, 6.45) is 0.268. The summed E-state index contributed by atoms with van der Waals surface area (Å²) < 4.78 is 10.0. The zero-order chi connectivity index (χ0) is 20.1. The Bertz CT molecular complexity index is 884. The number of rotatable bonds is 8. The van der Waals surface area contributed by atoms with Crippen LogP contribution >= 0.6 is 0 Å². The summed E-state index contributed by atoms with van der Waals surface area (Å²) in [6, 6.07) is 13.1. The summed E-state index contributed by atoms with van der Waals surface area (Å²) in [5.74, 6) is -0.969. The second kappa shape index (κ2) is 8.47. The van der Waals surface area contributed by atoms with Crippen molar-refractivity contribution in [3.05, 3.63) is 65.2 Å². The predicted molar refractivity (Wildman–Crippen MR) is 99.3 cm³/mol. The van der Waals surface area contributed by atoms with E-state index in [9.17, 15) is 19.2 Å². The molecule has 2 amide bonds. The number of imide groups is 1. The fraction of sp³-hybridized carbons (Fsp3) is 0.238. The molecule has 0 saturated carbocycles. The Morgan fingerprint density at radius 2 is 1.54 bits per heavy atom. The quantitative estimate of drug-likeness (QED) is 0.396. The zero-order valence-corrected chi connectivity index (χ0v) is 15.3. The van der Waals surface area contributed by atoms with Crippen molar-refractivity contribution >= 4 is 23.6 Å². The van der Waals surface area contributed by atoms with Crippen molar-refractivity contribution in [2.24, 2.45) is 0 Å². The molecule has 0 spiro atoms. The van der Waals surface area contributed by atoms with Crippen molar-refractivity contribution in [2.45, 2.75) is 12.8 Å². The van der Waals surface area contributed by atoms with Gasteiger partial charge in [0.1, 0.15) is 5.75 Å². The smallest absolute Gasteiger partial charge is 0.306 e. The second-order valence-corrected chi connectivity index (χ2v) is 6.22. The molecule has 0 unspecified atom stereocenters. The van der Waals surface area contributed by atoms with Crippen LogP contribution in [0.5, 0.6) is 5.75 Å². The molecule has 1 aliphatic rings. The summed E-state index contributed by atoms with van der Waals surface area (Å²) in [6.45, 7) is -0.244. The number of ketones is 1. The zero-order valence-electron chi connectivity index (χ0n) is 15.3. The SMILES string of the molecule is COc1ccc(C(=O)COC(=O)CCCN2C(=O)c3ccccc3C2=O)cc1. The molecule has 28 heavy (non-hydrogen) atoms. The van der Waals surface area contributed by atoms with Crippen LogP contribution in [-0.2, 0) is 9.53 Å². The normalized spacial score (nSPS) is 12.7. The van der Waals surface area contributed by atoms with E-state index in [1.165, 1.54) is 7.11 Å². The lowest BCUT2D eigenvalue weighted by molar-refractivity contribution is -0.142. The fourth-order valence-electron chi connectivity index (χ4n) is 2.90. The standard InChI is InChI=1S/C21H19NO6/c1-27-15-10-8-14(9-11-15)18(23)13-28-19(24)7-4-12-22-20(25)16-5-2-3-6-17(16)21(22)26/h2-3,5-6,8-11H,4,7,12-13H2,1H3.